The molecule has 4 nitrogen and oxygen atoms in total. The number of carbonyl (C=O) groups is 1. The van der Waals surface area contributed by atoms with Crippen LogP contribution in [0.1, 0.15) is 23.3 Å². The molecule has 1 atom stereocenters. The molecule has 1 unspecified atom stereocenters. The van der Waals surface area contributed by atoms with Crippen molar-refractivity contribution in [3.63, 3.8) is 0 Å². The molecule has 14 heteroatoms. The van der Waals surface area contributed by atoms with Gasteiger partial charge in [0.05, 0.1) is 21.5 Å². The Morgan fingerprint density at radius 2 is 1.70 bits per heavy atom. The molecule has 1 N–H and O–H groups in total. The summed E-state index contributed by atoms with van der Waals surface area (Å²) in [7, 11) is 0. The van der Waals surface area contributed by atoms with Gasteiger partial charge in [0.25, 0.3) is 0 Å². The predicted octanol–water partition coefficient (Wildman–Crippen LogP) is 5.29. The molecule has 4 rings (SSSR count). The number of nitrogens with zero attached hydrogens (tertiary/aromatic N) is 1. The molecule has 2 aromatic rings. The van der Waals surface area contributed by atoms with E-state index in [4.69, 9.17) is 0 Å². The van der Waals surface area contributed by atoms with Crippen LogP contribution in [0.25, 0.3) is 11.3 Å². The lowest BCUT2D eigenvalue weighted by molar-refractivity contribution is -0.213. The van der Waals surface area contributed by atoms with E-state index in [1.165, 1.54) is 0 Å². The van der Waals surface area contributed by atoms with Crippen LogP contribution in [0.2, 0.25) is 0 Å². The highest BCUT2D eigenvalue weighted by molar-refractivity contribution is 7.06. The van der Waals surface area contributed by atoms with E-state index in [2.05, 4.69) is 14.4 Å². The number of hydrogen-bond donors (Lipinski definition) is 1. The van der Waals surface area contributed by atoms with Crippen LogP contribution in [-0.2, 0) is 21.3 Å². The van der Waals surface area contributed by atoms with Crippen molar-refractivity contribution in [2.75, 3.05) is 13.1 Å². The van der Waals surface area contributed by atoms with Gasteiger partial charge in [-0.05, 0) is 61.7 Å². The van der Waals surface area contributed by atoms with Gasteiger partial charge in [-0.25, -0.2) is 18.0 Å². The third-order valence-electron chi connectivity index (χ3n) is 6.01. The molecule has 0 radical (unpaired) electrons. The maximum atomic E-state index is 15.2. The van der Waals surface area contributed by atoms with Gasteiger partial charge in [-0.15, -0.1) is 0 Å². The van der Waals surface area contributed by atoms with E-state index in [1.54, 1.807) is 0 Å². The minimum atomic E-state index is -5.58. The molecule has 33 heavy (non-hydrogen) atoms. The molecule has 1 aliphatic heterocycles. The fourth-order valence-electron chi connectivity index (χ4n) is 4.43. The van der Waals surface area contributed by atoms with Crippen LogP contribution < -0.4 is 5.32 Å². The van der Waals surface area contributed by atoms with Crippen LogP contribution in [-0.4, -0.2) is 35.5 Å². The SMILES string of the molecule is O=C(OC1(c2cc(-c3ccc(F)cc3C(F)(F)F)ns2)C(F)(F)C12CCNCC2)C(F)(F)F. The van der Waals surface area contributed by atoms with E-state index in [1.807, 2.05) is 0 Å². The number of nitrogens with one attached hydrogen (secondary N) is 1. The van der Waals surface area contributed by atoms with Gasteiger partial charge < -0.3 is 10.1 Å². The van der Waals surface area contributed by atoms with Crippen molar-refractivity contribution < 1.29 is 49.0 Å². The lowest BCUT2D eigenvalue weighted by Gasteiger charge is -2.26. The van der Waals surface area contributed by atoms with E-state index < -0.39 is 62.8 Å². The Balaban J connectivity index is 1.84. The number of benzene rings is 1. The number of alkyl halides is 8. The molecule has 1 saturated carbocycles. The summed E-state index contributed by atoms with van der Waals surface area (Å²) in [5.41, 5.74) is -7.84. The maximum absolute atomic E-state index is 15.2. The van der Waals surface area contributed by atoms with E-state index in [-0.39, 0.29) is 43.5 Å². The van der Waals surface area contributed by atoms with Crippen LogP contribution in [0, 0.1) is 11.2 Å². The first-order chi connectivity index (χ1) is 15.2. The first-order valence-corrected chi connectivity index (χ1v) is 10.2. The molecule has 0 bridgehead atoms. The number of hydrogen-bond acceptors (Lipinski definition) is 5. The first-order valence-electron chi connectivity index (χ1n) is 9.40. The molecular formula is C19H13F9N2O2S. The zero-order chi connectivity index (χ0) is 24.4. The fourth-order valence-corrected chi connectivity index (χ4v) is 5.44. The average Bonchev–Trinajstić information content (AvgIpc) is 3.06. The standard InChI is InChI=1S/C19H13F9N2O2S/c20-9-1-2-10(11(7-9)17(21,22)23)12-8-13(33-30-12)16(32-14(31)18(24,25)26)15(19(16,27)28)3-5-29-6-4-15/h1-2,7-8,29H,3-6H2. The molecule has 1 aliphatic carbocycles. The van der Waals surface area contributed by atoms with Crippen molar-refractivity contribution in [1.82, 2.24) is 9.69 Å². The maximum Gasteiger partial charge on any atom is 0.490 e. The van der Waals surface area contributed by atoms with Crippen molar-refractivity contribution in [1.29, 1.82) is 0 Å². The first kappa shape index (κ1) is 23.8. The third kappa shape index (κ3) is 3.40. The average molecular weight is 504 g/mol. The van der Waals surface area contributed by atoms with Crippen LogP contribution >= 0.6 is 11.5 Å². The minimum absolute atomic E-state index is 0.00273. The Kier molecular flexibility index (Phi) is 5.28. The minimum Gasteiger partial charge on any atom is -0.439 e. The second-order valence-electron chi connectivity index (χ2n) is 7.74. The van der Waals surface area contributed by atoms with Gasteiger partial charge in [0, 0.05) is 5.56 Å². The lowest BCUT2D eigenvalue weighted by atomic mass is 9.89. The van der Waals surface area contributed by atoms with E-state index >= 15 is 8.78 Å². The van der Waals surface area contributed by atoms with E-state index in [9.17, 15) is 35.5 Å². The molecule has 1 aromatic carbocycles. The predicted molar refractivity (Wildman–Crippen MR) is 95.8 cm³/mol. The molecule has 1 spiro atoms. The largest absolute Gasteiger partial charge is 0.490 e. The Bertz CT molecular complexity index is 1090. The summed E-state index contributed by atoms with van der Waals surface area (Å²) >= 11 is 0.204. The van der Waals surface area contributed by atoms with Crippen LogP contribution in [0.15, 0.2) is 24.3 Å². The number of halogens is 9. The van der Waals surface area contributed by atoms with Gasteiger partial charge in [0.2, 0.25) is 5.60 Å². The monoisotopic (exact) mass is 504 g/mol. The van der Waals surface area contributed by atoms with Crippen molar-refractivity contribution in [2.45, 2.75) is 36.7 Å². The van der Waals surface area contributed by atoms with Crippen LogP contribution in [0.4, 0.5) is 39.5 Å². The molecule has 2 aliphatic rings. The number of rotatable bonds is 3. The Morgan fingerprint density at radius 1 is 1.06 bits per heavy atom. The number of carbonyl (C=O) groups excluding carboxylic acids is 1. The summed E-state index contributed by atoms with van der Waals surface area (Å²) in [6, 6.07) is 2.36. The number of piperidine rings is 1. The molecule has 1 saturated heterocycles. The second kappa shape index (κ2) is 7.32. The van der Waals surface area contributed by atoms with E-state index in [0.29, 0.717) is 6.07 Å². The number of esters is 1. The van der Waals surface area contributed by atoms with Gasteiger partial charge in [-0.3, -0.25) is 0 Å². The van der Waals surface area contributed by atoms with Gasteiger partial charge >= 0.3 is 24.2 Å². The van der Waals surface area contributed by atoms with Crippen LogP contribution in [0.5, 0.6) is 0 Å². The zero-order valence-corrected chi connectivity index (χ0v) is 17.0. The van der Waals surface area contributed by atoms with E-state index in [0.717, 1.165) is 12.1 Å². The van der Waals surface area contributed by atoms with Gasteiger partial charge in [-0.1, -0.05) is 0 Å². The molecular weight excluding hydrogens is 491 g/mol. The smallest absolute Gasteiger partial charge is 0.439 e. The number of ether oxygens (including phenoxy) is 1. The number of aromatic nitrogens is 1. The fraction of sp³-hybridized carbons (Fsp3) is 0.474. The second-order valence-corrected chi connectivity index (χ2v) is 8.54. The van der Waals surface area contributed by atoms with Crippen molar-refractivity contribution in [3.05, 3.63) is 40.5 Å². The highest BCUT2D eigenvalue weighted by atomic mass is 32.1. The Morgan fingerprint density at radius 3 is 2.27 bits per heavy atom. The van der Waals surface area contributed by atoms with Crippen LogP contribution in [0.3, 0.4) is 0 Å². The summed E-state index contributed by atoms with van der Waals surface area (Å²) in [4.78, 5) is 11.0. The zero-order valence-electron chi connectivity index (χ0n) is 16.2. The summed E-state index contributed by atoms with van der Waals surface area (Å²) < 4.78 is 131. The molecule has 0 amide bonds. The topological polar surface area (TPSA) is 51.2 Å². The summed E-state index contributed by atoms with van der Waals surface area (Å²) in [5.74, 6) is -7.98. The van der Waals surface area contributed by atoms with Crippen molar-refractivity contribution >= 4 is 17.5 Å². The van der Waals surface area contributed by atoms with Crippen molar-refractivity contribution in [2.24, 2.45) is 5.41 Å². The normalized spacial score (nSPS) is 24.0. The highest BCUT2D eigenvalue weighted by Gasteiger charge is 2.95. The van der Waals surface area contributed by atoms with Gasteiger partial charge in [0.15, 0.2) is 0 Å². The van der Waals surface area contributed by atoms with Gasteiger partial charge in [0.1, 0.15) is 5.82 Å². The Labute approximate surface area is 183 Å². The molecule has 1 aromatic heterocycles. The summed E-state index contributed by atoms with van der Waals surface area (Å²) in [5, 5.41) is 2.78. The Hall–Kier alpha value is -2.35. The van der Waals surface area contributed by atoms with Crippen molar-refractivity contribution in [3.8, 4) is 11.3 Å². The molecule has 2 heterocycles. The highest BCUT2D eigenvalue weighted by Crippen LogP contribution is 2.80. The lowest BCUT2D eigenvalue weighted by Crippen LogP contribution is -2.37. The molecule has 2 fully saturated rings. The third-order valence-corrected chi connectivity index (χ3v) is 6.90. The molecule has 180 valence electrons. The summed E-state index contributed by atoms with van der Waals surface area (Å²) in [6.07, 6.45) is -11.3. The van der Waals surface area contributed by atoms with Gasteiger partial charge in [-0.2, -0.15) is 30.7 Å². The quantitative estimate of drug-likeness (QED) is 0.456. The summed E-state index contributed by atoms with van der Waals surface area (Å²) in [6.45, 7) is 0.00546.